The molecule has 0 amide bonds. The molecule has 0 fully saturated rings. The van der Waals surface area contributed by atoms with Crippen LogP contribution in [0, 0.1) is 5.21 Å². The zero-order chi connectivity index (χ0) is 11.4. The molecule has 0 spiro atoms. The minimum atomic E-state index is 0.150. The van der Waals surface area contributed by atoms with Gasteiger partial charge < -0.3 is 10.3 Å². The highest BCUT2D eigenvalue weighted by Crippen LogP contribution is 2.15. The molecule has 2 rings (SSSR count). The molecule has 2 aromatic rings. The highest BCUT2D eigenvalue weighted by molar-refractivity contribution is 5.76. The van der Waals surface area contributed by atoms with Gasteiger partial charge in [-0.05, 0) is 24.3 Å². The van der Waals surface area contributed by atoms with E-state index in [0.29, 0.717) is 5.69 Å². The molecule has 0 atom stereocenters. The topological polar surface area (TPSA) is 46.3 Å². The number of phenols is 1. The van der Waals surface area contributed by atoms with Crippen LogP contribution in [0.15, 0.2) is 54.6 Å². The Bertz CT molecular complexity index is 489. The molecule has 3 nitrogen and oxygen atoms in total. The average molecular weight is 213 g/mol. The number of benzene rings is 2. The Morgan fingerprint density at radius 3 is 2.19 bits per heavy atom. The molecule has 1 N–H and O–H groups in total. The summed E-state index contributed by atoms with van der Waals surface area (Å²) in [4.78, 5) is 0. The summed E-state index contributed by atoms with van der Waals surface area (Å²) >= 11 is 0. The summed E-state index contributed by atoms with van der Waals surface area (Å²) in [7, 11) is 0. The van der Waals surface area contributed by atoms with Crippen LogP contribution in [-0.2, 0) is 0 Å². The second kappa shape index (κ2) is 4.49. The van der Waals surface area contributed by atoms with Crippen LogP contribution in [0.3, 0.4) is 0 Å². The lowest BCUT2D eigenvalue weighted by molar-refractivity contribution is -0.354. The standard InChI is InChI=1S/C13H11NO2/c15-13-8-6-12(7-9-13)14(16)10-11-4-2-1-3-5-11/h1-10,15H/b14-10-. The van der Waals surface area contributed by atoms with Crippen molar-refractivity contribution in [3.05, 3.63) is 65.4 Å². The molecule has 0 aromatic heterocycles. The van der Waals surface area contributed by atoms with Crippen LogP contribution in [0.4, 0.5) is 5.69 Å². The molecule has 0 bridgehead atoms. The van der Waals surface area contributed by atoms with E-state index in [4.69, 9.17) is 5.11 Å². The van der Waals surface area contributed by atoms with Gasteiger partial charge in [0, 0.05) is 17.7 Å². The van der Waals surface area contributed by atoms with Crippen molar-refractivity contribution >= 4 is 11.9 Å². The molecule has 16 heavy (non-hydrogen) atoms. The zero-order valence-corrected chi connectivity index (χ0v) is 8.58. The van der Waals surface area contributed by atoms with Gasteiger partial charge in [0.05, 0.1) is 0 Å². The summed E-state index contributed by atoms with van der Waals surface area (Å²) in [6, 6.07) is 15.5. The molecule has 0 aliphatic rings. The van der Waals surface area contributed by atoms with Gasteiger partial charge in [-0.25, -0.2) is 0 Å². The van der Waals surface area contributed by atoms with Crippen LogP contribution in [0.2, 0.25) is 0 Å². The van der Waals surface area contributed by atoms with Crippen LogP contribution < -0.4 is 0 Å². The molecule has 0 radical (unpaired) electrons. The number of rotatable bonds is 2. The summed E-state index contributed by atoms with van der Waals surface area (Å²) in [5, 5.41) is 20.8. The maximum atomic E-state index is 11.7. The Labute approximate surface area is 93.5 Å². The van der Waals surface area contributed by atoms with Gasteiger partial charge in [0.25, 0.3) is 0 Å². The molecule has 3 heteroatoms. The lowest BCUT2D eigenvalue weighted by Gasteiger charge is -2.02. The van der Waals surface area contributed by atoms with Crippen LogP contribution in [-0.4, -0.2) is 16.1 Å². The zero-order valence-electron chi connectivity index (χ0n) is 8.58. The van der Waals surface area contributed by atoms with E-state index in [-0.39, 0.29) is 5.75 Å². The molecule has 0 heterocycles. The summed E-state index contributed by atoms with van der Waals surface area (Å²) in [6.45, 7) is 0. The van der Waals surface area contributed by atoms with Gasteiger partial charge in [0.2, 0.25) is 5.69 Å². The van der Waals surface area contributed by atoms with Crippen molar-refractivity contribution in [2.45, 2.75) is 0 Å². The number of hydrogen-bond acceptors (Lipinski definition) is 2. The number of aromatic hydroxyl groups is 1. The van der Waals surface area contributed by atoms with Crippen molar-refractivity contribution in [1.29, 1.82) is 0 Å². The van der Waals surface area contributed by atoms with Crippen LogP contribution in [0.1, 0.15) is 5.56 Å². The second-order valence-corrected chi connectivity index (χ2v) is 3.38. The third-order valence-corrected chi connectivity index (χ3v) is 2.17. The van der Waals surface area contributed by atoms with E-state index in [1.807, 2.05) is 30.3 Å². The molecule has 0 saturated carbocycles. The lowest BCUT2D eigenvalue weighted by atomic mass is 10.2. The summed E-state index contributed by atoms with van der Waals surface area (Å²) in [5.74, 6) is 0.150. The Balaban J connectivity index is 2.28. The van der Waals surface area contributed by atoms with Crippen molar-refractivity contribution in [3.63, 3.8) is 0 Å². The monoisotopic (exact) mass is 213 g/mol. The van der Waals surface area contributed by atoms with Crippen molar-refractivity contribution in [3.8, 4) is 5.75 Å². The van der Waals surface area contributed by atoms with Gasteiger partial charge in [-0.15, -0.1) is 0 Å². The van der Waals surface area contributed by atoms with E-state index >= 15 is 0 Å². The summed E-state index contributed by atoms with van der Waals surface area (Å²) in [6.07, 6.45) is 1.49. The third kappa shape index (κ3) is 2.39. The van der Waals surface area contributed by atoms with Gasteiger partial charge in [-0.3, -0.25) is 0 Å². The molecule has 0 unspecified atom stereocenters. The minimum absolute atomic E-state index is 0.150. The predicted octanol–water partition coefficient (Wildman–Crippen LogP) is 2.65. The Morgan fingerprint density at radius 1 is 0.938 bits per heavy atom. The smallest absolute Gasteiger partial charge is 0.216 e. The van der Waals surface area contributed by atoms with E-state index in [1.165, 1.54) is 18.3 Å². The fraction of sp³-hybridized carbons (Fsp3) is 0. The van der Waals surface area contributed by atoms with Crippen molar-refractivity contribution in [1.82, 2.24) is 0 Å². The maximum Gasteiger partial charge on any atom is 0.216 e. The molecule has 0 saturated heterocycles. The maximum absolute atomic E-state index is 11.7. The van der Waals surface area contributed by atoms with E-state index in [0.717, 1.165) is 10.3 Å². The van der Waals surface area contributed by atoms with Gasteiger partial charge in [0.1, 0.15) is 5.75 Å². The molecule has 2 aromatic carbocycles. The van der Waals surface area contributed by atoms with Gasteiger partial charge in [0.15, 0.2) is 6.21 Å². The summed E-state index contributed by atoms with van der Waals surface area (Å²) in [5.41, 5.74) is 1.33. The molecular weight excluding hydrogens is 202 g/mol. The van der Waals surface area contributed by atoms with Crippen molar-refractivity contribution < 1.29 is 9.85 Å². The fourth-order valence-corrected chi connectivity index (χ4v) is 1.35. The van der Waals surface area contributed by atoms with E-state index in [9.17, 15) is 5.21 Å². The minimum Gasteiger partial charge on any atom is -0.618 e. The molecule has 0 aliphatic heterocycles. The highest BCUT2D eigenvalue weighted by atomic mass is 16.5. The van der Waals surface area contributed by atoms with Crippen molar-refractivity contribution in [2.75, 3.05) is 0 Å². The van der Waals surface area contributed by atoms with E-state index in [2.05, 4.69) is 0 Å². The third-order valence-electron chi connectivity index (χ3n) is 2.17. The van der Waals surface area contributed by atoms with Crippen molar-refractivity contribution in [2.24, 2.45) is 0 Å². The summed E-state index contributed by atoms with van der Waals surface area (Å²) < 4.78 is 0.773. The molecule has 0 aliphatic carbocycles. The number of hydrogen-bond donors (Lipinski definition) is 1. The first-order chi connectivity index (χ1) is 7.75. The average Bonchev–Trinajstić information content (AvgIpc) is 2.31. The molecule has 80 valence electrons. The lowest BCUT2D eigenvalue weighted by Crippen LogP contribution is -1.98. The molecular formula is C13H11NO2. The van der Waals surface area contributed by atoms with E-state index < -0.39 is 0 Å². The Kier molecular flexibility index (Phi) is 2.87. The second-order valence-electron chi connectivity index (χ2n) is 3.38. The first-order valence-corrected chi connectivity index (χ1v) is 4.91. The van der Waals surface area contributed by atoms with Crippen LogP contribution >= 0.6 is 0 Å². The first kappa shape index (κ1) is 10.2. The predicted molar refractivity (Wildman–Crippen MR) is 63.0 cm³/mol. The van der Waals surface area contributed by atoms with E-state index in [1.54, 1.807) is 12.1 Å². The largest absolute Gasteiger partial charge is 0.618 e. The van der Waals surface area contributed by atoms with Gasteiger partial charge in [-0.2, -0.15) is 4.74 Å². The fourth-order valence-electron chi connectivity index (χ4n) is 1.35. The SMILES string of the molecule is [O-]/[N+](=C\c1ccccc1)c1ccc(O)cc1. The Hall–Kier alpha value is -2.29. The number of nitrogens with zero attached hydrogens (tertiary/aromatic N) is 1. The number of phenolic OH excluding ortho intramolecular Hbond substituents is 1. The van der Waals surface area contributed by atoms with Gasteiger partial charge in [-0.1, -0.05) is 18.2 Å². The quantitative estimate of drug-likeness (QED) is 0.361. The van der Waals surface area contributed by atoms with Crippen LogP contribution in [0.5, 0.6) is 5.75 Å². The van der Waals surface area contributed by atoms with Gasteiger partial charge >= 0.3 is 0 Å². The normalized spacial score (nSPS) is 11.4. The first-order valence-electron chi connectivity index (χ1n) is 4.91. The highest BCUT2D eigenvalue weighted by Gasteiger charge is 2.00. The Morgan fingerprint density at radius 2 is 1.56 bits per heavy atom. The van der Waals surface area contributed by atoms with Crippen LogP contribution in [0.25, 0.3) is 0 Å².